The highest BCUT2D eigenvalue weighted by Gasteiger charge is 2.27. The van der Waals surface area contributed by atoms with Crippen molar-refractivity contribution in [2.75, 3.05) is 13.1 Å². The average molecular weight is 252 g/mol. The molecule has 6 heteroatoms. The van der Waals surface area contributed by atoms with Gasteiger partial charge >= 0.3 is 6.18 Å². The molecule has 1 aliphatic heterocycles. The molecule has 1 fully saturated rings. The first-order valence-electron chi connectivity index (χ1n) is 5.95. The van der Waals surface area contributed by atoms with E-state index >= 15 is 0 Å². The fourth-order valence-corrected chi connectivity index (χ4v) is 2.00. The topological polar surface area (TPSA) is 41.1 Å². The van der Waals surface area contributed by atoms with Crippen LogP contribution in [0.1, 0.15) is 32.6 Å². The Balaban J connectivity index is 2.20. The number of nitrogens with one attached hydrogen (secondary N) is 2. The van der Waals surface area contributed by atoms with E-state index in [1.807, 2.05) is 0 Å². The van der Waals surface area contributed by atoms with Gasteiger partial charge in [-0.3, -0.25) is 4.79 Å². The molecule has 0 aliphatic carbocycles. The minimum atomic E-state index is -4.20. The van der Waals surface area contributed by atoms with Crippen molar-refractivity contribution in [3.63, 3.8) is 0 Å². The summed E-state index contributed by atoms with van der Waals surface area (Å²) in [4.78, 5) is 11.4. The van der Waals surface area contributed by atoms with E-state index in [9.17, 15) is 18.0 Å². The molecule has 1 heterocycles. The highest BCUT2D eigenvalue weighted by atomic mass is 19.4. The number of hydrogen-bond donors (Lipinski definition) is 2. The molecule has 17 heavy (non-hydrogen) atoms. The van der Waals surface area contributed by atoms with Crippen LogP contribution in [0, 0.1) is 5.92 Å². The van der Waals surface area contributed by atoms with Gasteiger partial charge in [-0.15, -0.1) is 0 Å². The van der Waals surface area contributed by atoms with Gasteiger partial charge in [0.25, 0.3) is 0 Å². The van der Waals surface area contributed by atoms with Gasteiger partial charge in [-0.25, -0.2) is 0 Å². The zero-order valence-electron chi connectivity index (χ0n) is 9.94. The Hall–Kier alpha value is -0.780. The lowest BCUT2D eigenvalue weighted by Crippen LogP contribution is -2.43. The lowest BCUT2D eigenvalue weighted by atomic mass is 9.90. The molecular weight excluding hydrogens is 233 g/mol. The molecule has 0 aromatic heterocycles. The third-order valence-corrected chi connectivity index (χ3v) is 3.07. The summed E-state index contributed by atoms with van der Waals surface area (Å²) < 4.78 is 35.6. The molecule has 0 aromatic carbocycles. The lowest BCUT2D eigenvalue weighted by molar-refractivity contribution is -0.135. The van der Waals surface area contributed by atoms with Crippen molar-refractivity contribution < 1.29 is 18.0 Å². The fraction of sp³-hybridized carbons (Fsp3) is 0.909. The molecule has 2 N–H and O–H groups in total. The van der Waals surface area contributed by atoms with E-state index in [4.69, 9.17) is 0 Å². The monoisotopic (exact) mass is 252 g/mol. The largest absolute Gasteiger partial charge is 0.390 e. The molecule has 1 amide bonds. The van der Waals surface area contributed by atoms with E-state index in [1.165, 1.54) is 0 Å². The van der Waals surface area contributed by atoms with Gasteiger partial charge in [0.1, 0.15) is 0 Å². The molecule has 3 nitrogen and oxygen atoms in total. The molecule has 0 radical (unpaired) electrons. The third-order valence-electron chi connectivity index (χ3n) is 3.07. The van der Waals surface area contributed by atoms with Crippen molar-refractivity contribution in [1.29, 1.82) is 0 Å². The van der Waals surface area contributed by atoms with Crippen LogP contribution in [-0.4, -0.2) is 31.2 Å². The third kappa shape index (κ3) is 5.91. The maximum atomic E-state index is 11.9. The summed E-state index contributed by atoms with van der Waals surface area (Å²) in [6.07, 6.45) is -2.75. The van der Waals surface area contributed by atoms with E-state index < -0.39 is 12.6 Å². The highest BCUT2D eigenvalue weighted by Crippen LogP contribution is 2.19. The normalized spacial score (nSPS) is 25.6. The lowest BCUT2D eigenvalue weighted by Gasteiger charge is -2.29. The minimum Gasteiger partial charge on any atom is -0.356 e. The molecule has 2 unspecified atom stereocenters. The number of carbonyl (C=O) groups is 1. The van der Waals surface area contributed by atoms with E-state index in [0.717, 1.165) is 19.4 Å². The fourth-order valence-electron chi connectivity index (χ4n) is 2.00. The van der Waals surface area contributed by atoms with Crippen LogP contribution >= 0.6 is 0 Å². The van der Waals surface area contributed by atoms with Crippen molar-refractivity contribution in [2.45, 2.75) is 44.8 Å². The minimum absolute atomic E-state index is 0.0923. The SMILES string of the molecule is CC1CCCNC1CC(=O)NCCC(F)(F)F. The zero-order chi connectivity index (χ0) is 12.9. The number of carbonyl (C=O) groups excluding carboxylic acids is 1. The molecular formula is C11H19F3N2O. The van der Waals surface area contributed by atoms with Crippen LogP contribution in [-0.2, 0) is 4.79 Å². The summed E-state index contributed by atoms with van der Waals surface area (Å²) in [5.41, 5.74) is 0. The maximum Gasteiger partial charge on any atom is 0.390 e. The maximum absolute atomic E-state index is 11.9. The van der Waals surface area contributed by atoms with Gasteiger partial charge in [0, 0.05) is 19.0 Å². The van der Waals surface area contributed by atoms with Gasteiger partial charge in [-0.05, 0) is 25.3 Å². The first kappa shape index (κ1) is 14.3. The summed E-state index contributed by atoms with van der Waals surface area (Å²) in [5, 5.41) is 5.53. The summed E-state index contributed by atoms with van der Waals surface area (Å²) in [6, 6.07) is 0.0923. The Morgan fingerprint density at radius 1 is 1.47 bits per heavy atom. The summed E-state index contributed by atoms with van der Waals surface area (Å²) in [7, 11) is 0. The molecule has 0 bridgehead atoms. The number of alkyl halides is 3. The van der Waals surface area contributed by atoms with Crippen LogP contribution < -0.4 is 10.6 Å². The van der Waals surface area contributed by atoms with E-state index in [-0.39, 0.29) is 24.9 Å². The molecule has 1 rings (SSSR count). The Bertz CT molecular complexity index is 256. The Labute approximate surface area is 99.1 Å². The smallest absolute Gasteiger partial charge is 0.356 e. The number of rotatable bonds is 4. The van der Waals surface area contributed by atoms with Gasteiger partial charge in [0.15, 0.2) is 0 Å². The van der Waals surface area contributed by atoms with Gasteiger partial charge in [0.05, 0.1) is 6.42 Å². The van der Waals surface area contributed by atoms with Crippen LogP contribution in [0.4, 0.5) is 13.2 Å². The Morgan fingerprint density at radius 2 is 2.18 bits per heavy atom. The standard InChI is InChI=1S/C11H19F3N2O/c1-8-3-2-5-15-9(8)7-10(17)16-6-4-11(12,13)14/h8-9,15H,2-7H2,1H3,(H,16,17). The van der Waals surface area contributed by atoms with E-state index in [2.05, 4.69) is 17.6 Å². The van der Waals surface area contributed by atoms with Crippen LogP contribution in [0.25, 0.3) is 0 Å². The predicted molar refractivity (Wildman–Crippen MR) is 58.5 cm³/mol. The predicted octanol–water partition coefficient (Wildman–Crippen LogP) is 1.83. The summed E-state index contributed by atoms with van der Waals surface area (Å²) in [6.45, 7) is 2.61. The van der Waals surface area contributed by atoms with Crippen LogP contribution in [0.5, 0.6) is 0 Å². The number of piperidine rings is 1. The second-order valence-corrected chi connectivity index (χ2v) is 4.60. The van der Waals surface area contributed by atoms with Gasteiger partial charge in [0.2, 0.25) is 5.91 Å². The van der Waals surface area contributed by atoms with Gasteiger partial charge in [-0.1, -0.05) is 6.92 Å². The summed E-state index contributed by atoms with van der Waals surface area (Å²) in [5.74, 6) is 0.0950. The molecule has 2 atom stereocenters. The van der Waals surface area contributed by atoms with Crippen molar-refractivity contribution >= 4 is 5.91 Å². The second-order valence-electron chi connectivity index (χ2n) is 4.60. The number of halogens is 3. The van der Waals surface area contributed by atoms with Crippen LogP contribution in [0.15, 0.2) is 0 Å². The first-order valence-corrected chi connectivity index (χ1v) is 5.95. The molecule has 1 aliphatic rings. The van der Waals surface area contributed by atoms with Crippen LogP contribution in [0.3, 0.4) is 0 Å². The first-order chi connectivity index (χ1) is 7.88. The van der Waals surface area contributed by atoms with Crippen molar-refractivity contribution in [2.24, 2.45) is 5.92 Å². The van der Waals surface area contributed by atoms with Crippen molar-refractivity contribution in [1.82, 2.24) is 10.6 Å². The van der Waals surface area contributed by atoms with Crippen molar-refractivity contribution in [3.8, 4) is 0 Å². The Kier molecular flexibility index (Phi) is 5.24. The van der Waals surface area contributed by atoms with E-state index in [0.29, 0.717) is 5.92 Å². The molecule has 0 saturated carbocycles. The highest BCUT2D eigenvalue weighted by molar-refractivity contribution is 5.76. The molecule has 0 spiro atoms. The summed E-state index contributed by atoms with van der Waals surface area (Å²) >= 11 is 0. The average Bonchev–Trinajstić information content (AvgIpc) is 2.19. The molecule has 0 aromatic rings. The quantitative estimate of drug-likeness (QED) is 0.801. The van der Waals surface area contributed by atoms with Crippen LogP contribution in [0.2, 0.25) is 0 Å². The van der Waals surface area contributed by atoms with E-state index in [1.54, 1.807) is 0 Å². The number of amides is 1. The molecule has 100 valence electrons. The van der Waals surface area contributed by atoms with Gasteiger partial charge in [-0.2, -0.15) is 13.2 Å². The molecule has 1 saturated heterocycles. The number of hydrogen-bond acceptors (Lipinski definition) is 2. The zero-order valence-corrected chi connectivity index (χ0v) is 9.94. The Morgan fingerprint density at radius 3 is 2.76 bits per heavy atom. The second kappa shape index (κ2) is 6.23. The van der Waals surface area contributed by atoms with Crippen molar-refractivity contribution in [3.05, 3.63) is 0 Å². The van der Waals surface area contributed by atoms with Gasteiger partial charge < -0.3 is 10.6 Å².